The van der Waals surface area contributed by atoms with Crippen LogP contribution in [0.4, 0.5) is 5.69 Å². The van der Waals surface area contributed by atoms with Crippen LogP contribution in [0.25, 0.3) is 10.8 Å². The lowest BCUT2D eigenvalue weighted by atomic mass is 10.0. The van der Waals surface area contributed by atoms with Crippen LogP contribution in [0.1, 0.15) is 5.56 Å². The molecule has 0 amide bonds. The van der Waals surface area contributed by atoms with Crippen molar-refractivity contribution in [2.75, 3.05) is 0 Å². The lowest BCUT2D eigenvalue weighted by Gasteiger charge is -2.01. The van der Waals surface area contributed by atoms with Gasteiger partial charge in [0.25, 0.3) is 0 Å². The van der Waals surface area contributed by atoms with Gasteiger partial charge in [-0.25, -0.2) is 4.79 Å². The van der Waals surface area contributed by atoms with E-state index in [4.69, 9.17) is 5.26 Å². The molecule has 3 heteroatoms. The Kier molecular flexibility index (Phi) is 2.28. The van der Waals surface area contributed by atoms with Crippen LogP contribution in [0.5, 0.6) is 0 Å². The molecular weight excluding hydrogens is 188 g/mol. The molecule has 0 aromatic heterocycles. The van der Waals surface area contributed by atoms with E-state index in [9.17, 15) is 4.79 Å². The van der Waals surface area contributed by atoms with Gasteiger partial charge in [-0.3, -0.25) is 0 Å². The second kappa shape index (κ2) is 3.75. The average Bonchev–Trinajstić information content (AvgIpc) is 2.30. The molecule has 0 spiro atoms. The minimum atomic E-state index is 0.541. The summed E-state index contributed by atoms with van der Waals surface area (Å²) in [5.74, 6) is 0. The zero-order chi connectivity index (χ0) is 10.7. The molecule has 15 heavy (non-hydrogen) atoms. The number of hydrogen-bond acceptors (Lipinski definition) is 3. The summed E-state index contributed by atoms with van der Waals surface area (Å²) in [5, 5.41) is 10.5. The first-order chi connectivity index (χ1) is 7.36. The van der Waals surface area contributed by atoms with Gasteiger partial charge < -0.3 is 0 Å². The molecule has 0 unspecified atom stereocenters. The van der Waals surface area contributed by atoms with Gasteiger partial charge in [0.2, 0.25) is 6.08 Å². The third-order valence-corrected chi connectivity index (χ3v) is 2.19. The predicted octanol–water partition coefficient (Wildman–Crippen LogP) is 2.68. The van der Waals surface area contributed by atoms with Crippen molar-refractivity contribution in [1.29, 1.82) is 5.26 Å². The molecule has 2 aromatic rings. The largest absolute Gasteiger partial charge is 0.240 e. The Bertz CT molecular complexity index is 605. The molecule has 2 aromatic carbocycles. The molecule has 0 saturated carbocycles. The van der Waals surface area contributed by atoms with Gasteiger partial charge in [0.1, 0.15) is 0 Å². The van der Waals surface area contributed by atoms with Crippen molar-refractivity contribution < 1.29 is 4.79 Å². The number of nitrogens with zero attached hydrogens (tertiary/aromatic N) is 2. The van der Waals surface area contributed by atoms with Crippen LogP contribution < -0.4 is 0 Å². The van der Waals surface area contributed by atoms with E-state index in [1.54, 1.807) is 12.1 Å². The van der Waals surface area contributed by atoms with Crippen LogP contribution in [-0.4, -0.2) is 6.08 Å². The maximum Gasteiger partial charge on any atom is 0.240 e. The number of hydrogen-bond donors (Lipinski definition) is 0. The normalized spacial score (nSPS) is 9.27. The number of fused-ring (bicyclic) bond motifs is 1. The van der Waals surface area contributed by atoms with Crippen molar-refractivity contribution in [3.05, 3.63) is 42.0 Å². The Morgan fingerprint density at radius 2 is 1.80 bits per heavy atom. The fourth-order valence-corrected chi connectivity index (χ4v) is 1.53. The minimum absolute atomic E-state index is 0.541. The lowest BCUT2D eigenvalue weighted by Crippen LogP contribution is -1.79. The number of aliphatic imine (C=N–C) groups is 1. The highest BCUT2D eigenvalue weighted by atomic mass is 16.1. The minimum Gasteiger partial charge on any atom is -0.211 e. The first kappa shape index (κ1) is 9.14. The number of nitriles is 1. The van der Waals surface area contributed by atoms with Crippen molar-refractivity contribution in [2.45, 2.75) is 0 Å². The van der Waals surface area contributed by atoms with Crippen LogP contribution in [0.15, 0.2) is 41.4 Å². The smallest absolute Gasteiger partial charge is 0.211 e. The van der Waals surface area contributed by atoms with Gasteiger partial charge in [0.05, 0.1) is 17.3 Å². The van der Waals surface area contributed by atoms with Crippen LogP contribution in [0.2, 0.25) is 0 Å². The zero-order valence-electron chi connectivity index (χ0n) is 7.77. The van der Waals surface area contributed by atoms with Gasteiger partial charge in [-0.2, -0.15) is 10.3 Å². The summed E-state index contributed by atoms with van der Waals surface area (Å²) in [4.78, 5) is 13.8. The Balaban J connectivity index is 2.90. The second-order valence-electron chi connectivity index (χ2n) is 2.99. The number of isocyanates is 1. The molecule has 0 aliphatic rings. The molecule has 70 valence electrons. The lowest BCUT2D eigenvalue weighted by molar-refractivity contribution is 0.565. The first-order valence-electron chi connectivity index (χ1n) is 4.36. The van der Waals surface area contributed by atoms with Crippen molar-refractivity contribution in [3.63, 3.8) is 0 Å². The maximum atomic E-state index is 10.2. The van der Waals surface area contributed by atoms with Crippen molar-refractivity contribution in [1.82, 2.24) is 0 Å². The van der Waals surface area contributed by atoms with Crippen LogP contribution in [0, 0.1) is 11.3 Å². The highest BCUT2D eigenvalue weighted by molar-refractivity contribution is 5.96. The van der Waals surface area contributed by atoms with Gasteiger partial charge in [-0.15, -0.1) is 0 Å². The van der Waals surface area contributed by atoms with E-state index in [1.165, 1.54) is 6.08 Å². The summed E-state index contributed by atoms with van der Waals surface area (Å²) in [6.07, 6.45) is 1.51. The van der Waals surface area contributed by atoms with E-state index in [1.807, 2.05) is 24.3 Å². The number of benzene rings is 2. The third-order valence-electron chi connectivity index (χ3n) is 2.19. The van der Waals surface area contributed by atoms with E-state index in [-0.39, 0.29) is 0 Å². The number of carbonyl (C=O) groups excluding carboxylic acids is 1. The number of rotatable bonds is 1. The average molecular weight is 194 g/mol. The van der Waals surface area contributed by atoms with E-state index >= 15 is 0 Å². The molecule has 0 saturated heterocycles. The molecular formula is C12H6N2O. The fourth-order valence-electron chi connectivity index (χ4n) is 1.53. The maximum absolute atomic E-state index is 10.2. The van der Waals surface area contributed by atoms with Crippen molar-refractivity contribution >= 4 is 22.5 Å². The topological polar surface area (TPSA) is 53.2 Å². The fraction of sp³-hybridized carbons (Fsp3) is 0. The quantitative estimate of drug-likeness (QED) is 0.517. The van der Waals surface area contributed by atoms with E-state index < -0.39 is 0 Å². The van der Waals surface area contributed by atoms with Gasteiger partial charge in [-0.05, 0) is 12.1 Å². The summed E-state index contributed by atoms with van der Waals surface area (Å²) < 4.78 is 0. The Labute approximate surface area is 86.3 Å². The van der Waals surface area contributed by atoms with Crippen LogP contribution >= 0.6 is 0 Å². The molecule has 3 nitrogen and oxygen atoms in total. The highest BCUT2D eigenvalue weighted by Crippen LogP contribution is 2.27. The predicted molar refractivity (Wildman–Crippen MR) is 56.4 cm³/mol. The Morgan fingerprint density at radius 3 is 2.47 bits per heavy atom. The summed E-state index contributed by atoms with van der Waals surface area (Å²) in [6, 6.07) is 12.7. The van der Waals surface area contributed by atoms with Gasteiger partial charge in [0, 0.05) is 10.8 Å². The van der Waals surface area contributed by atoms with Gasteiger partial charge >= 0.3 is 0 Å². The Hall–Kier alpha value is -2.43. The molecule has 2 rings (SSSR count). The molecule has 0 atom stereocenters. The molecule has 0 bridgehead atoms. The molecule has 0 heterocycles. The van der Waals surface area contributed by atoms with Crippen molar-refractivity contribution in [3.8, 4) is 6.07 Å². The summed E-state index contributed by atoms with van der Waals surface area (Å²) in [5.41, 5.74) is 1.12. The summed E-state index contributed by atoms with van der Waals surface area (Å²) in [6.45, 7) is 0. The molecule has 0 radical (unpaired) electrons. The van der Waals surface area contributed by atoms with Crippen molar-refractivity contribution in [2.24, 2.45) is 4.99 Å². The first-order valence-corrected chi connectivity index (χ1v) is 4.36. The summed E-state index contributed by atoms with van der Waals surface area (Å²) >= 11 is 0. The SMILES string of the molecule is N#Cc1ccc(N=C=O)c2ccccc12. The monoisotopic (exact) mass is 194 g/mol. The standard InChI is InChI=1S/C12H6N2O/c13-7-9-5-6-12(14-8-15)11-4-2-1-3-10(9)11/h1-6H. The van der Waals surface area contributed by atoms with E-state index in [0.29, 0.717) is 11.3 Å². The van der Waals surface area contributed by atoms with Crippen LogP contribution in [-0.2, 0) is 4.79 Å². The second-order valence-corrected chi connectivity index (χ2v) is 2.99. The highest BCUT2D eigenvalue weighted by Gasteiger charge is 2.03. The Morgan fingerprint density at radius 1 is 1.07 bits per heavy atom. The summed E-state index contributed by atoms with van der Waals surface area (Å²) in [7, 11) is 0. The van der Waals surface area contributed by atoms with Gasteiger partial charge in [0.15, 0.2) is 0 Å². The third kappa shape index (κ3) is 1.50. The molecule has 0 N–H and O–H groups in total. The molecule has 0 aliphatic carbocycles. The van der Waals surface area contributed by atoms with E-state index in [2.05, 4.69) is 11.1 Å². The van der Waals surface area contributed by atoms with Crippen LogP contribution in [0.3, 0.4) is 0 Å². The van der Waals surface area contributed by atoms with Gasteiger partial charge in [-0.1, -0.05) is 24.3 Å². The molecule has 0 fully saturated rings. The van der Waals surface area contributed by atoms with E-state index in [0.717, 1.165) is 10.8 Å². The molecule has 0 aliphatic heterocycles. The zero-order valence-corrected chi connectivity index (χ0v) is 7.77.